The first-order chi connectivity index (χ1) is 15.5. The van der Waals surface area contributed by atoms with Gasteiger partial charge in [0.25, 0.3) is 0 Å². The van der Waals surface area contributed by atoms with Gasteiger partial charge >= 0.3 is 7.12 Å². The number of nitrogens with zero attached hydrogens (tertiary/aromatic N) is 5. The van der Waals surface area contributed by atoms with Crippen molar-refractivity contribution in [2.45, 2.75) is 32.2 Å². The second-order valence-corrected chi connectivity index (χ2v) is 8.06. The maximum Gasteiger partial charge on any atom is 0.488 e. The maximum absolute atomic E-state index is 9.23. The van der Waals surface area contributed by atoms with Crippen molar-refractivity contribution in [1.82, 2.24) is 19.9 Å². The lowest BCUT2D eigenvalue weighted by atomic mass is 9.80. The number of hydrogen-bond acceptors (Lipinski definition) is 8. The van der Waals surface area contributed by atoms with Crippen LogP contribution < -0.4 is 10.8 Å². The SMILES string of the molecule is Cc1nc(Nc2ccc(C#N)nc2)cc(C2CCN(Cc3ccc(B(O)O)cc3)CC2)n1. The molecule has 0 unspecified atom stereocenters. The van der Waals surface area contributed by atoms with Crippen molar-refractivity contribution in [2.75, 3.05) is 18.4 Å². The lowest BCUT2D eigenvalue weighted by Crippen LogP contribution is -2.33. The smallest absolute Gasteiger partial charge is 0.423 e. The van der Waals surface area contributed by atoms with Crippen molar-refractivity contribution < 1.29 is 10.0 Å². The van der Waals surface area contributed by atoms with Gasteiger partial charge in [-0.25, -0.2) is 15.0 Å². The van der Waals surface area contributed by atoms with Gasteiger partial charge in [-0.1, -0.05) is 24.3 Å². The number of anilines is 2. The highest BCUT2D eigenvalue weighted by Gasteiger charge is 2.23. The number of hydrogen-bond donors (Lipinski definition) is 3. The van der Waals surface area contributed by atoms with Gasteiger partial charge in [0.15, 0.2) is 0 Å². The van der Waals surface area contributed by atoms with E-state index in [1.165, 1.54) is 0 Å². The minimum absolute atomic E-state index is 0.375. The van der Waals surface area contributed by atoms with E-state index in [-0.39, 0.29) is 0 Å². The molecule has 3 heterocycles. The van der Waals surface area contributed by atoms with Crippen LogP contribution in [0.1, 0.15) is 41.5 Å². The zero-order valence-electron chi connectivity index (χ0n) is 17.9. The zero-order chi connectivity index (χ0) is 22.5. The average molecular weight is 428 g/mol. The number of benzene rings is 1. The van der Waals surface area contributed by atoms with E-state index in [1.54, 1.807) is 24.4 Å². The number of rotatable bonds is 6. The first-order valence-corrected chi connectivity index (χ1v) is 10.7. The number of piperidine rings is 1. The van der Waals surface area contributed by atoms with Crippen molar-refractivity contribution in [3.63, 3.8) is 0 Å². The van der Waals surface area contributed by atoms with Gasteiger partial charge in [0.05, 0.1) is 11.9 Å². The van der Waals surface area contributed by atoms with Crippen LogP contribution in [0.3, 0.4) is 0 Å². The van der Waals surface area contributed by atoms with Gasteiger partial charge in [0.1, 0.15) is 23.4 Å². The fraction of sp³-hybridized carbons (Fsp3) is 0.304. The van der Waals surface area contributed by atoms with Crippen LogP contribution >= 0.6 is 0 Å². The quantitative estimate of drug-likeness (QED) is 0.510. The summed E-state index contributed by atoms with van der Waals surface area (Å²) in [5, 5.41) is 30.6. The molecule has 0 aliphatic carbocycles. The predicted octanol–water partition coefficient (Wildman–Crippen LogP) is 1.85. The molecule has 0 spiro atoms. The van der Waals surface area contributed by atoms with Gasteiger partial charge in [-0.3, -0.25) is 4.90 Å². The summed E-state index contributed by atoms with van der Waals surface area (Å²) < 4.78 is 0. The van der Waals surface area contributed by atoms with Crippen LogP contribution in [0.25, 0.3) is 0 Å². The number of pyridine rings is 1. The van der Waals surface area contributed by atoms with Gasteiger partial charge in [-0.2, -0.15) is 5.26 Å². The summed E-state index contributed by atoms with van der Waals surface area (Å²) >= 11 is 0. The Balaban J connectivity index is 1.37. The molecule has 9 heteroatoms. The van der Waals surface area contributed by atoms with Crippen LogP contribution in [-0.2, 0) is 6.54 Å². The summed E-state index contributed by atoms with van der Waals surface area (Å²) in [6, 6.07) is 14.9. The van der Waals surface area contributed by atoms with Crippen LogP contribution in [0.2, 0.25) is 0 Å². The van der Waals surface area contributed by atoms with E-state index in [9.17, 15) is 10.0 Å². The normalized spacial score (nSPS) is 14.7. The molecular weight excluding hydrogens is 403 g/mol. The molecule has 0 amide bonds. The van der Waals surface area contributed by atoms with E-state index >= 15 is 0 Å². The van der Waals surface area contributed by atoms with Crippen LogP contribution in [0.5, 0.6) is 0 Å². The number of nitrogens with one attached hydrogen (secondary N) is 1. The Hall–Kier alpha value is -3.32. The van der Waals surface area contributed by atoms with Crippen molar-refractivity contribution in [2.24, 2.45) is 0 Å². The Labute approximate surface area is 187 Å². The van der Waals surface area contributed by atoms with Crippen molar-refractivity contribution in [3.05, 3.63) is 71.4 Å². The molecular formula is C23H25BN6O2. The van der Waals surface area contributed by atoms with E-state index in [1.807, 2.05) is 37.3 Å². The highest BCUT2D eigenvalue weighted by molar-refractivity contribution is 6.58. The van der Waals surface area contributed by atoms with Crippen molar-refractivity contribution in [1.29, 1.82) is 5.26 Å². The Morgan fingerprint density at radius 1 is 1.12 bits per heavy atom. The van der Waals surface area contributed by atoms with Gasteiger partial charge < -0.3 is 15.4 Å². The van der Waals surface area contributed by atoms with Crippen molar-refractivity contribution >= 4 is 24.1 Å². The minimum Gasteiger partial charge on any atom is -0.423 e. The lowest BCUT2D eigenvalue weighted by molar-refractivity contribution is 0.203. The van der Waals surface area contributed by atoms with E-state index in [4.69, 9.17) is 5.26 Å². The zero-order valence-corrected chi connectivity index (χ0v) is 17.9. The molecule has 3 N–H and O–H groups in total. The Morgan fingerprint density at radius 2 is 1.88 bits per heavy atom. The second-order valence-electron chi connectivity index (χ2n) is 8.06. The molecule has 0 saturated carbocycles. The van der Waals surface area contributed by atoms with Gasteiger partial charge in [-0.15, -0.1) is 0 Å². The molecule has 2 aromatic heterocycles. The standard InChI is InChI=1S/C23H25BN6O2/c1-16-27-22(12-23(28-16)29-21-7-6-20(13-25)26-14-21)18-8-10-30(11-9-18)15-17-2-4-19(5-3-17)24(31)32/h2-7,12,14,18,31-32H,8-11,15H2,1H3,(H,27,28,29). The summed E-state index contributed by atoms with van der Waals surface area (Å²) in [7, 11) is -1.43. The molecule has 1 fully saturated rings. The number of aromatic nitrogens is 3. The molecule has 1 saturated heterocycles. The summed E-state index contributed by atoms with van der Waals surface area (Å²) in [5.41, 5.74) is 3.87. The van der Waals surface area contributed by atoms with Gasteiger partial charge in [0.2, 0.25) is 0 Å². The number of likely N-dealkylation sites (tertiary alicyclic amines) is 1. The molecule has 1 aromatic carbocycles. The average Bonchev–Trinajstić information content (AvgIpc) is 2.80. The van der Waals surface area contributed by atoms with Crippen LogP contribution in [0.15, 0.2) is 48.7 Å². The van der Waals surface area contributed by atoms with Crippen LogP contribution in [0, 0.1) is 18.3 Å². The molecule has 3 aromatic rings. The topological polar surface area (TPSA) is 118 Å². The fourth-order valence-corrected chi connectivity index (χ4v) is 3.99. The third-order valence-corrected chi connectivity index (χ3v) is 5.70. The van der Waals surface area contributed by atoms with Crippen molar-refractivity contribution in [3.8, 4) is 6.07 Å². The molecule has 32 heavy (non-hydrogen) atoms. The maximum atomic E-state index is 9.23. The Bertz CT molecular complexity index is 1090. The highest BCUT2D eigenvalue weighted by atomic mass is 16.4. The molecule has 0 radical (unpaired) electrons. The molecule has 4 rings (SSSR count). The summed E-state index contributed by atoms with van der Waals surface area (Å²) in [6.45, 7) is 4.68. The molecule has 162 valence electrons. The monoisotopic (exact) mass is 428 g/mol. The summed E-state index contributed by atoms with van der Waals surface area (Å²) in [5.74, 6) is 1.83. The summed E-state index contributed by atoms with van der Waals surface area (Å²) in [4.78, 5) is 15.7. The molecule has 8 nitrogen and oxygen atoms in total. The Kier molecular flexibility index (Phi) is 6.76. The van der Waals surface area contributed by atoms with Gasteiger partial charge in [0, 0.05) is 24.2 Å². The highest BCUT2D eigenvalue weighted by Crippen LogP contribution is 2.29. The van der Waals surface area contributed by atoms with E-state index in [0.29, 0.717) is 17.1 Å². The minimum atomic E-state index is -1.43. The lowest BCUT2D eigenvalue weighted by Gasteiger charge is -2.32. The molecule has 1 aliphatic heterocycles. The Morgan fingerprint density at radius 3 is 2.50 bits per heavy atom. The second kappa shape index (κ2) is 9.87. The molecule has 0 atom stereocenters. The molecule has 0 bridgehead atoms. The first-order valence-electron chi connectivity index (χ1n) is 10.7. The van der Waals surface area contributed by atoms with Gasteiger partial charge in [-0.05, 0) is 56.0 Å². The van der Waals surface area contributed by atoms with E-state index in [0.717, 1.165) is 61.1 Å². The summed E-state index contributed by atoms with van der Waals surface area (Å²) in [6.07, 6.45) is 3.66. The van der Waals surface area contributed by atoms with E-state index in [2.05, 4.69) is 25.2 Å². The number of nitriles is 1. The third-order valence-electron chi connectivity index (χ3n) is 5.70. The van der Waals surface area contributed by atoms with E-state index < -0.39 is 7.12 Å². The largest absolute Gasteiger partial charge is 0.488 e. The predicted molar refractivity (Wildman–Crippen MR) is 123 cm³/mol. The first kappa shape index (κ1) is 21.9. The van der Waals surface area contributed by atoms with Crippen LogP contribution in [0.4, 0.5) is 11.5 Å². The fourth-order valence-electron chi connectivity index (χ4n) is 3.99. The molecule has 1 aliphatic rings. The number of aryl methyl sites for hydroxylation is 1. The third kappa shape index (κ3) is 5.48. The van der Waals surface area contributed by atoms with Crippen LogP contribution in [-0.4, -0.2) is 50.1 Å².